The van der Waals surface area contributed by atoms with E-state index in [0.717, 1.165) is 15.3 Å². The third-order valence-corrected chi connectivity index (χ3v) is 6.35. The summed E-state index contributed by atoms with van der Waals surface area (Å²) in [6.45, 7) is 0.520. The molecule has 3 aromatic rings. The quantitative estimate of drug-likeness (QED) is 0.437. The van der Waals surface area contributed by atoms with Gasteiger partial charge in [-0.05, 0) is 40.6 Å². The van der Waals surface area contributed by atoms with Gasteiger partial charge in [-0.3, -0.25) is 14.4 Å². The maximum absolute atomic E-state index is 12.4. The fourth-order valence-corrected chi connectivity index (χ4v) is 4.47. The normalized spacial score (nSPS) is 11.6. The van der Waals surface area contributed by atoms with Crippen molar-refractivity contribution in [2.75, 3.05) is 5.32 Å². The first-order valence-electron chi connectivity index (χ1n) is 9.42. The lowest BCUT2D eigenvalue weighted by molar-refractivity contribution is -0.137. The molecule has 0 saturated carbocycles. The van der Waals surface area contributed by atoms with Gasteiger partial charge < -0.3 is 15.7 Å². The van der Waals surface area contributed by atoms with Crippen LogP contribution in [0.25, 0.3) is 0 Å². The van der Waals surface area contributed by atoms with E-state index in [1.54, 1.807) is 35.6 Å². The highest BCUT2D eigenvalue weighted by Gasteiger charge is 2.20. The summed E-state index contributed by atoms with van der Waals surface area (Å²) in [6, 6.07) is 14.7. The van der Waals surface area contributed by atoms with E-state index in [9.17, 15) is 14.4 Å². The summed E-state index contributed by atoms with van der Waals surface area (Å²) in [4.78, 5) is 37.6. The fourth-order valence-electron chi connectivity index (χ4n) is 3.00. The summed E-state index contributed by atoms with van der Waals surface area (Å²) in [6.07, 6.45) is 0.270. The van der Waals surface area contributed by atoms with Gasteiger partial charge in [0, 0.05) is 27.8 Å². The monoisotopic (exact) mass is 442 g/mol. The van der Waals surface area contributed by atoms with E-state index in [-0.39, 0.29) is 37.0 Å². The number of hydrogen-bond acceptors (Lipinski definition) is 5. The number of thiophene rings is 2. The second kappa shape index (κ2) is 10.7. The third kappa shape index (κ3) is 6.82. The van der Waals surface area contributed by atoms with Crippen molar-refractivity contribution in [2.24, 2.45) is 0 Å². The molecule has 156 valence electrons. The molecular formula is C22H22N2O4S2. The van der Waals surface area contributed by atoms with Crippen LogP contribution in [-0.2, 0) is 27.3 Å². The van der Waals surface area contributed by atoms with Crippen LogP contribution < -0.4 is 10.6 Å². The van der Waals surface area contributed by atoms with Crippen LogP contribution in [0.1, 0.15) is 34.1 Å². The Bertz CT molecular complexity index is 967. The number of aliphatic carboxylic acids is 1. The molecule has 1 atom stereocenters. The molecule has 1 unspecified atom stereocenters. The van der Waals surface area contributed by atoms with Crippen LogP contribution in [0.4, 0.5) is 5.69 Å². The summed E-state index contributed by atoms with van der Waals surface area (Å²) < 4.78 is 0. The van der Waals surface area contributed by atoms with E-state index >= 15 is 0 Å². The predicted octanol–water partition coefficient (Wildman–Crippen LogP) is 4.26. The van der Waals surface area contributed by atoms with E-state index in [1.807, 2.05) is 35.0 Å². The highest BCUT2D eigenvalue weighted by molar-refractivity contribution is 7.10. The number of hydrogen-bond donors (Lipinski definition) is 3. The first-order chi connectivity index (χ1) is 14.5. The van der Waals surface area contributed by atoms with Crippen molar-refractivity contribution in [3.8, 4) is 0 Å². The van der Waals surface area contributed by atoms with Crippen molar-refractivity contribution in [3.63, 3.8) is 0 Å². The van der Waals surface area contributed by atoms with Crippen LogP contribution in [0, 0.1) is 0 Å². The minimum Gasteiger partial charge on any atom is -0.481 e. The lowest BCUT2D eigenvalue weighted by Gasteiger charge is -2.13. The molecule has 3 N–H and O–H groups in total. The third-order valence-electron chi connectivity index (χ3n) is 4.44. The van der Waals surface area contributed by atoms with Crippen molar-refractivity contribution in [3.05, 3.63) is 74.6 Å². The minimum absolute atomic E-state index is 0.0624. The van der Waals surface area contributed by atoms with Crippen LogP contribution in [-0.4, -0.2) is 22.9 Å². The molecule has 1 aromatic carbocycles. The van der Waals surface area contributed by atoms with E-state index in [2.05, 4.69) is 10.6 Å². The predicted molar refractivity (Wildman–Crippen MR) is 119 cm³/mol. The van der Waals surface area contributed by atoms with Gasteiger partial charge in [0.15, 0.2) is 0 Å². The maximum Gasteiger partial charge on any atom is 0.304 e. The number of carbonyl (C=O) groups excluding carboxylic acids is 2. The van der Waals surface area contributed by atoms with Gasteiger partial charge in [0.1, 0.15) is 0 Å². The highest BCUT2D eigenvalue weighted by Crippen LogP contribution is 2.28. The Balaban J connectivity index is 1.49. The van der Waals surface area contributed by atoms with E-state index in [4.69, 9.17) is 5.11 Å². The summed E-state index contributed by atoms with van der Waals surface area (Å²) in [5, 5.41) is 18.7. The van der Waals surface area contributed by atoms with Crippen LogP contribution in [0.5, 0.6) is 0 Å². The lowest BCUT2D eigenvalue weighted by Crippen LogP contribution is -2.24. The standard InChI is InChI=1S/C22H22N2O4S2/c25-20(23-14-18-3-1-9-29-18)11-15-5-7-17(8-6-15)24-21(26)12-16(13-22(27)28)19-4-2-10-30-19/h1-10,16H,11-14H2,(H,23,25)(H,24,26)(H,27,28). The summed E-state index contributed by atoms with van der Waals surface area (Å²) in [7, 11) is 0. The van der Waals surface area contributed by atoms with Crippen LogP contribution in [0.15, 0.2) is 59.3 Å². The summed E-state index contributed by atoms with van der Waals surface area (Å²) >= 11 is 3.05. The Morgan fingerprint density at radius 2 is 1.63 bits per heavy atom. The minimum atomic E-state index is -0.928. The molecule has 0 aliphatic heterocycles. The van der Waals surface area contributed by atoms with Gasteiger partial charge in [-0.1, -0.05) is 24.3 Å². The molecule has 2 amide bonds. The molecule has 8 heteroatoms. The molecule has 0 saturated heterocycles. The smallest absolute Gasteiger partial charge is 0.304 e. The number of amides is 2. The van der Waals surface area contributed by atoms with Crippen LogP contribution >= 0.6 is 22.7 Å². The van der Waals surface area contributed by atoms with Crippen molar-refractivity contribution < 1.29 is 19.5 Å². The highest BCUT2D eigenvalue weighted by atomic mass is 32.1. The van der Waals surface area contributed by atoms with Gasteiger partial charge in [-0.2, -0.15) is 0 Å². The number of carbonyl (C=O) groups is 3. The number of anilines is 1. The molecule has 2 aromatic heterocycles. The Kier molecular flexibility index (Phi) is 7.75. The Hall–Kier alpha value is -2.97. The molecule has 6 nitrogen and oxygen atoms in total. The van der Waals surface area contributed by atoms with Crippen molar-refractivity contribution >= 4 is 46.1 Å². The molecule has 0 fully saturated rings. The van der Waals surface area contributed by atoms with Crippen LogP contribution in [0.3, 0.4) is 0 Å². The largest absolute Gasteiger partial charge is 0.481 e. The molecule has 0 radical (unpaired) electrons. The number of rotatable bonds is 10. The second-order valence-corrected chi connectivity index (χ2v) is 8.80. The van der Waals surface area contributed by atoms with Gasteiger partial charge in [0.25, 0.3) is 0 Å². The Morgan fingerprint density at radius 1 is 0.900 bits per heavy atom. The van der Waals surface area contributed by atoms with E-state index in [1.165, 1.54) is 11.3 Å². The summed E-state index contributed by atoms with van der Waals surface area (Å²) in [5.74, 6) is -1.58. The van der Waals surface area contributed by atoms with Crippen molar-refractivity contribution in [1.82, 2.24) is 5.32 Å². The zero-order chi connectivity index (χ0) is 21.3. The maximum atomic E-state index is 12.4. The van der Waals surface area contributed by atoms with Gasteiger partial charge in [0.05, 0.1) is 19.4 Å². The van der Waals surface area contributed by atoms with E-state index < -0.39 is 5.97 Å². The zero-order valence-corrected chi connectivity index (χ0v) is 17.8. The average molecular weight is 443 g/mol. The first kappa shape index (κ1) is 21.7. The molecule has 0 aliphatic rings. The second-order valence-electron chi connectivity index (χ2n) is 6.79. The Morgan fingerprint density at radius 3 is 2.27 bits per heavy atom. The first-order valence-corrected chi connectivity index (χ1v) is 11.2. The number of carboxylic acid groups (broad SMARTS) is 1. The SMILES string of the molecule is O=C(O)CC(CC(=O)Nc1ccc(CC(=O)NCc2cccs2)cc1)c1cccs1. The van der Waals surface area contributed by atoms with Gasteiger partial charge in [-0.15, -0.1) is 22.7 Å². The van der Waals surface area contributed by atoms with Gasteiger partial charge >= 0.3 is 5.97 Å². The molecule has 2 heterocycles. The van der Waals surface area contributed by atoms with Crippen molar-refractivity contribution in [1.29, 1.82) is 0 Å². The van der Waals surface area contributed by atoms with Crippen LogP contribution in [0.2, 0.25) is 0 Å². The molecule has 0 spiro atoms. The fraction of sp³-hybridized carbons (Fsp3) is 0.227. The van der Waals surface area contributed by atoms with Crippen molar-refractivity contribution in [2.45, 2.75) is 31.7 Å². The lowest BCUT2D eigenvalue weighted by atomic mass is 9.99. The Labute approximate surface area is 182 Å². The number of benzene rings is 1. The number of nitrogens with one attached hydrogen (secondary N) is 2. The summed E-state index contributed by atoms with van der Waals surface area (Å²) in [5.41, 5.74) is 1.46. The molecule has 30 heavy (non-hydrogen) atoms. The molecule has 0 aliphatic carbocycles. The zero-order valence-electron chi connectivity index (χ0n) is 16.2. The van der Waals surface area contributed by atoms with Gasteiger partial charge in [0.2, 0.25) is 11.8 Å². The van der Waals surface area contributed by atoms with E-state index in [0.29, 0.717) is 12.2 Å². The molecule has 3 rings (SSSR count). The number of carboxylic acids is 1. The topological polar surface area (TPSA) is 95.5 Å². The van der Waals surface area contributed by atoms with Gasteiger partial charge in [-0.25, -0.2) is 0 Å². The molecule has 0 bridgehead atoms. The molecular weight excluding hydrogens is 420 g/mol. The average Bonchev–Trinajstić information content (AvgIpc) is 3.41.